The molecule has 3 heterocycles. The molecule has 0 spiro atoms. The number of halogens is 1. The van der Waals surface area contributed by atoms with Gasteiger partial charge in [0.15, 0.2) is 0 Å². The Labute approximate surface area is 114 Å². The summed E-state index contributed by atoms with van der Waals surface area (Å²) in [5.41, 5.74) is 0.827. The summed E-state index contributed by atoms with van der Waals surface area (Å²) in [6.07, 6.45) is 2.54. The van der Waals surface area contributed by atoms with E-state index in [0.29, 0.717) is 6.04 Å². The average molecular weight is 315 g/mol. The molecule has 1 amide bonds. The zero-order valence-corrected chi connectivity index (χ0v) is 12.0. The van der Waals surface area contributed by atoms with Crippen molar-refractivity contribution >= 4 is 33.2 Å². The summed E-state index contributed by atoms with van der Waals surface area (Å²) in [5, 5.41) is 1.94. The SMILES string of the molecule is O=C(c1csc(Br)c1)N1CCN2CCCC2C1. The number of fused-ring (bicyclic) bond motifs is 1. The molecule has 5 heteroatoms. The number of carbonyl (C=O) groups excluding carboxylic acids is 1. The van der Waals surface area contributed by atoms with E-state index < -0.39 is 0 Å². The summed E-state index contributed by atoms with van der Waals surface area (Å²) >= 11 is 4.98. The van der Waals surface area contributed by atoms with E-state index in [4.69, 9.17) is 0 Å². The minimum Gasteiger partial charge on any atom is -0.336 e. The van der Waals surface area contributed by atoms with E-state index in [1.54, 1.807) is 11.3 Å². The maximum atomic E-state index is 12.3. The molecule has 1 unspecified atom stereocenters. The van der Waals surface area contributed by atoms with Gasteiger partial charge in [-0.1, -0.05) is 0 Å². The van der Waals surface area contributed by atoms with Crippen molar-refractivity contribution < 1.29 is 4.79 Å². The van der Waals surface area contributed by atoms with E-state index in [1.165, 1.54) is 19.4 Å². The van der Waals surface area contributed by atoms with Gasteiger partial charge in [-0.25, -0.2) is 0 Å². The molecule has 2 aliphatic heterocycles. The Bertz CT molecular complexity index is 434. The van der Waals surface area contributed by atoms with Crippen molar-refractivity contribution in [2.24, 2.45) is 0 Å². The first kappa shape index (κ1) is 11.7. The Hall–Kier alpha value is -0.390. The topological polar surface area (TPSA) is 23.6 Å². The third-order valence-corrected chi connectivity index (χ3v) is 5.19. The van der Waals surface area contributed by atoms with Crippen LogP contribution in [0.3, 0.4) is 0 Å². The first-order valence-corrected chi connectivity index (χ1v) is 7.68. The third kappa shape index (κ3) is 2.28. The summed E-state index contributed by atoms with van der Waals surface area (Å²) in [6.45, 7) is 4.05. The van der Waals surface area contributed by atoms with Gasteiger partial charge in [0.05, 0.1) is 9.35 Å². The molecule has 2 fully saturated rings. The zero-order valence-electron chi connectivity index (χ0n) is 9.56. The fraction of sp³-hybridized carbons (Fsp3) is 0.583. The molecular weight excluding hydrogens is 300 g/mol. The molecule has 2 aliphatic rings. The van der Waals surface area contributed by atoms with Gasteiger partial charge in [0.25, 0.3) is 5.91 Å². The van der Waals surface area contributed by atoms with Crippen LogP contribution in [-0.2, 0) is 0 Å². The van der Waals surface area contributed by atoms with Gasteiger partial charge < -0.3 is 4.90 Å². The summed E-state index contributed by atoms with van der Waals surface area (Å²) in [4.78, 5) is 16.8. The number of nitrogens with zero attached hydrogens (tertiary/aromatic N) is 2. The number of hydrogen-bond donors (Lipinski definition) is 0. The first-order chi connectivity index (χ1) is 8.24. The van der Waals surface area contributed by atoms with E-state index in [0.717, 1.165) is 29.0 Å². The standard InChI is InChI=1S/C12H15BrN2OS/c13-11-6-9(8-17-11)12(16)15-5-4-14-3-1-2-10(14)7-15/h6,8,10H,1-5,7H2. The highest BCUT2D eigenvalue weighted by atomic mass is 79.9. The minimum absolute atomic E-state index is 0.193. The minimum atomic E-state index is 0.193. The molecule has 1 aromatic heterocycles. The van der Waals surface area contributed by atoms with Gasteiger partial charge >= 0.3 is 0 Å². The van der Waals surface area contributed by atoms with Gasteiger partial charge in [-0.3, -0.25) is 9.69 Å². The maximum Gasteiger partial charge on any atom is 0.254 e. The van der Waals surface area contributed by atoms with Crippen LogP contribution in [0, 0.1) is 0 Å². The molecule has 0 aromatic carbocycles. The molecule has 0 radical (unpaired) electrons. The fourth-order valence-corrected chi connectivity index (χ4v) is 3.91. The number of amides is 1. The molecule has 0 saturated carbocycles. The van der Waals surface area contributed by atoms with Crippen LogP contribution in [-0.4, -0.2) is 47.9 Å². The second-order valence-corrected chi connectivity index (χ2v) is 7.01. The number of piperazine rings is 1. The van der Waals surface area contributed by atoms with Crippen molar-refractivity contribution in [1.29, 1.82) is 0 Å². The Balaban J connectivity index is 1.70. The normalized spacial score (nSPS) is 25.0. The Morgan fingerprint density at radius 3 is 3.06 bits per heavy atom. The molecule has 0 N–H and O–H groups in total. The van der Waals surface area contributed by atoms with E-state index >= 15 is 0 Å². The van der Waals surface area contributed by atoms with Crippen LogP contribution in [0.4, 0.5) is 0 Å². The molecule has 0 aliphatic carbocycles. The number of thiophene rings is 1. The van der Waals surface area contributed by atoms with Gasteiger partial charge in [-0.2, -0.15) is 0 Å². The monoisotopic (exact) mass is 314 g/mol. The fourth-order valence-electron chi connectivity index (χ4n) is 2.78. The van der Waals surface area contributed by atoms with Gasteiger partial charge in [0, 0.05) is 31.1 Å². The quantitative estimate of drug-likeness (QED) is 0.795. The molecule has 0 bridgehead atoms. The highest BCUT2D eigenvalue weighted by Gasteiger charge is 2.32. The number of hydrogen-bond acceptors (Lipinski definition) is 3. The molecule has 92 valence electrons. The van der Waals surface area contributed by atoms with Crippen LogP contribution in [0.25, 0.3) is 0 Å². The molecule has 1 aromatic rings. The summed E-state index contributed by atoms with van der Waals surface area (Å²) in [6, 6.07) is 2.53. The van der Waals surface area contributed by atoms with E-state index in [-0.39, 0.29) is 5.91 Å². The van der Waals surface area contributed by atoms with Crippen LogP contribution in [0.15, 0.2) is 15.2 Å². The Morgan fingerprint density at radius 1 is 1.41 bits per heavy atom. The second-order valence-electron chi connectivity index (χ2n) is 4.72. The lowest BCUT2D eigenvalue weighted by molar-refractivity contribution is 0.0572. The largest absolute Gasteiger partial charge is 0.336 e. The van der Waals surface area contributed by atoms with E-state index in [1.807, 2.05) is 16.3 Å². The second kappa shape index (κ2) is 4.71. The van der Waals surface area contributed by atoms with Crippen LogP contribution in [0.5, 0.6) is 0 Å². The van der Waals surface area contributed by atoms with Gasteiger partial charge in [0.2, 0.25) is 0 Å². The Kier molecular flexibility index (Phi) is 3.23. The van der Waals surface area contributed by atoms with Crippen molar-refractivity contribution in [3.8, 4) is 0 Å². The van der Waals surface area contributed by atoms with Crippen LogP contribution < -0.4 is 0 Å². The van der Waals surface area contributed by atoms with Gasteiger partial charge in [-0.15, -0.1) is 11.3 Å². The van der Waals surface area contributed by atoms with Crippen molar-refractivity contribution in [1.82, 2.24) is 9.80 Å². The van der Waals surface area contributed by atoms with Gasteiger partial charge in [0.1, 0.15) is 0 Å². The summed E-state index contributed by atoms with van der Waals surface area (Å²) < 4.78 is 1.03. The first-order valence-electron chi connectivity index (χ1n) is 6.01. The average Bonchev–Trinajstić information content (AvgIpc) is 2.95. The molecule has 17 heavy (non-hydrogen) atoms. The van der Waals surface area contributed by atoms with Crippen LogP contribution in [0.2, 0.25) is 0 Å². The highest BCUT2D eigenvalue weighted by Crippen LogP contribution is 2.25. The maximum absolute atomic E-state index is 12.3. The van der Waals surface area contributed by atoms with Crippen molar-refractivity contribution in [3.63, 3.8) is 0 Å². The van der Waals surface area contributed by atoms with Crippen molar-refractivity contribution in [3.05, 3.63) is 20.8 Å². The smallest absolute Gasteiger partial charge is 0.254 e. The van der Waals surface area contributed by atoms with Crippen LogP contribution in [0.1, 0.15) is 23.2 Å². The van der Waals surface area contributed by atoms with Crippen LogP contribution >= 0.6 is 27.3 Å². The molecule has 1 atom stereocenters. The molecule has 2 saturated heterocycles. The zero-order chi connectivity index (χ0) is 11.8. The lowest BCUT2D eigenvalue weighted by atomic mass is 10.1. The van der Waals surface area contributed by atoms with E-state index in [2.05, 4.69) is 20.8 Å². The van der Waals surface area contributed by atoms with Crippen molar-refractivity contribution in [2.75, 3.05) is 26.2 Å². The molecular formula is C12H15BrN2OS. The highest BCUT2D eigenvalue weighted by molar-refractivity contribution is 9.11. The summed E-state index contributed by atoms with van der Waals surface area (Å²) in [7, 11) is 0. The third-order valence-electron chi connectivity index (χ3n) is 3.69. The Morgan fingerprint density at radius 2 is 2.29 bits per heavy atom. The molecule has 3 nitrogen and oxygen atoms in total. The number of carbonyl (C=O) groups is 1. The predicted molar refractivity (Wildman–Crippen MR) is 72.5 cm³/mol. The lowest BCUT2D eigenvalue weighted by Gasteiger charge is -2.37. The molecule has 3 rings (SSSR count). The van der Waals surface area contributed by atoms with Gasteiger partial charge in [-0.05, 0) is 41.4 Å². The number of rotatable bonds is 1. The summed E-state index contributed by atoms with van der Waals surface area (Å²) in [5.74, 6) is 0.193. The lowest BCUT2D eigenvalue weighted by Crippen LogP contribution is -2.51. The van der Waals surface area contributed by atoms with E-state index in [9.17, 15) is 4.79 Å². The predicted octanol–water partition coefficient (Wildman–Crippen LogP) is 2.43. The van der Waals surface area contributed by atoms with Crippen molar-refractivity contribution in [2.45, 2.75) is 18.9 Å².